The van der Waals surface area contributed by atoms with E-state index in [1.54, 1.807) is 0 Å². The zero-order valence-corrected chi connectivity index (χ0v) is 9.95. The van der Waals surface area contributed by atoms with E-state index in [0.29, 0.717) is 0 Å². The Morgan fingerprint density at radius 3 is 2.56 bits per heavy atom. The highest BCUT2D eigenvalue weighted by Crippen LogP contribution is 2.40. The zero-order chi connectivity index (χ0) is 11.9. The largest absolute Gasteiger partial charge is 0.494 e. The summed E-state index contributed by atoms with van der Waals surface area (Å²) in [7, 11) is -0.213. The molecule has 2 nitrogen and oxygen atoms in total. The van der Waals surface area contributed by atoms with Gasteiger partial charge in [0, 0.05) is 6.42 Å². The molecule has 2 aromatic rings. The minimum atomic E-state index is -0.213. The Morgan fingerprint density at radius 1 is 0.889 bits per heavy atom. The number of hydrogen-bond donors (Lipinski definition) is 0. The third-order valence-corrected chi connectivity index (χ3v) is 3.76. The molecule has 0 saturated carbocycles. The molecular weight excluding hydrogens is 223 g/mol. The van der Waals surface area contributed by atoms with Crippen LogP contribution < -0.4 is 5.46 Å². The fourth-order valence-electron chi connectivity index (χ4n) is 2.89. The van der Waals surface area contributed by atoms with E-state index in [1.807, 2.05) is 18.2 Å². The normalized spacial score (nSPS) is 25.0. The predicted octanol–water partition coefficient (Wildman–Crippen LogP) is 2.09. The Balaban J connectivity index is 1.64. The number of rotatable bonds is 1. The fourth-order valence-corrected chi connectivity index (χ4v) is 2.89. The van der Waals surface area contributed by atoms with Gasteiger partial charge in [-0.3, -0.25) is 0 Å². The van der Waals surface area contributed by atoms with Gasteiger partial charge in [0.2, 0.25) is 0 Å². The second-order valence-corrected chi connectivity index (χ2v) is 4.88. The Morgan fingerprint density at radius 2 is 1.67 bits per heavy atom. The van der Waals surface area contributed by atoms with Crippen LogP contribution in [0.2, 0.25) is 0 Å². The SMILES string of the molecule is c1ccc(B2O[C@H]3Cc4ccccc4[C@H]3O2)cc1. The molecule has 1 aliphatic heterocycles. The zero-order valence-electron chi connectivity index (χ0n) is 9.95. The van der Waals surface area contributed by atoms with Crippen molar-refractivity contribution < 1.29 is 9.31 Å². The van der Waals surface area contributed by atoms with Gasteiger partial charge >= 0.3 is 7.12 Å². The van der Waals surface area contributed by atoms with Crippen LogP contribution in [0.4, 0.5) is 0 Å². The van der Waals surface area contributed by atoms with Crippen molar-refractivity contribution in [3.8, 4) is 0 Å². The van der Waals surface area contributed by atoms with Gasteiger partial charge in [-0.15, -0.1) is 0 Å². The minimum absolute atomic E-state index is 0.103. The maximum atomic E-state index is 6.08. The summed E-state index contributed by atoms with van der Waals surface area (Å²) in [5.74, 6) is 0. The molecule has 4 rings (SSSR count). The van der Waals surface area contributed by atoms with E-state index in [-0.39, 0.29) is 19.3 Å². The van der Waals surface area contributed by atoms with Gasteiger partial charge < -0.3 is 9.31 Å². The van der Waals surface area contributed by atoms with Crippen molar-refractivity contribution in [2.24, 2.45) is 0 Å². The minimum Gasteiger partial charge on any atom is -0.401 e. The third-order valence-electron chi connectivity index (χ3n) is 3.76. The third kappa shape index (κ3) is 1.52. The first-order valence-corrected chi connectivity index (χ1v) is 6.35. The highest BCUT2D eigenvalue weighted by molar-refractivity contribution is 6.61. The van der Waals surface area contributed by atoms with Crippen LogP contribution >= 0.6 is 0 Å². The smallest absolute Gasteiger partial charge is 0.401 e. The van der Waals surface area contributed by atoms with Gasteiger partial charge in [0.25, 0.3) is 0 Å². The highest BCUT2D eigenvalue weighted by atomic mass is 16.7. The number of fused-ring (bicyclic) bond motifs is 3. The van der Waals surface area contributed by atoms with Crippen molar-refractivity contribution in [2.75, 3.05) is 0 Å². The van der Waals surface area contributed by atoms with Gasteiger partial charge in [0.15, 0.2) is 0 Å². The Kier molecular flexibility index (Phi) is 2.29. The van der Waals surface area contributed by atoms with Crippen LogP contribution in [0, 0.1) is 0 Å². The Bertz CT molecular complexity index is 570. The van der Waals surface area contributed by atoms with Crippen molar-refractivity contribution in [2.45, 2.75) is 18.6 Å². The molecule has 0 spiro atoms. The monoisotopic (exact) mass is 236 g/mol. The Labute approximate surface area is 107 Å². The van der Waals surface area contributed by atoms with Crippen molar-refractivity contribution in [1.82, 2.24) is 0 Å². The summed E-state index contributed by atoms with van der Waals surface area (Å²) >= 11 is 0. The first-order chi connectivity index (χ1) is 8.92. The maximum Gasteiger partial charge on any atom is 0.494 e. The lowest BCUT2D eigenvalue weighted by Gasteiger charge is -2.09. The van der Waals surface area contributed by atoms with Crippen LogP contribution in [0.1, 0.15) is 17.2 Å². The summed E-state index contributed by atoms with van der Waals surface area (Å²) in [6.45, 7) is 0. The standard InChI is InChI=1S/C15H13BO2/c1-2-7-12(8-3-1)16-17-14-10-11-6-4-5-9-13(11)15(14)18-16/h1-9,14-15H,10H2/t14-,15+/m0/s1. The molecule has 2 aromatic carbocycles. The van der Waals surface area contributed by atoms with Crippen LogP contribution in [-0.4, -0.2) is 13.2 Å². The molecule has 1 heterocycles. The van der Waals surface area contributed by atoms with E-state index in [9.17, 15) is 0 Å². The van der Waals surface area contributed by atoms with Crippen molar-refractivity contribution in [1.29, 1.82) is 0 Å². The van der Waals surface area contributed by atoms with Crippen LogP contribution in [0.15, 0.2) is 54.6 Å². The summed E-state index contributed by atoms with van der Waals surface area (Å²) in [5, 5.41) is 0. The van der Waals surface area contributed by atoms with Gasteiger partial charge in [-0.1, -0.05) is 54.6 Å². The summed E-state index contributed by atoms with van der Waals surface area (Å²) in [6, 6.07) is 18.6. The molecule has 1 aliphatic carbocycles. The summed E-state index contributed by atoms with van der Waals surface area (Å²) in [4.78, 5) is 0. The first-order valence-electron chi connectivity index (χ1n) is 6.35. The molecule has 0 N–H and O–H groups in total. The maximum absolute atomic E-state index is 6.08. The van der Waals surface area contributed by atoms with Gasteiger partial charge in [0.1, 0.15) is 0 Å². The van der Waals surface area contributed by atoms with E-state index in [0.717, 1.165) is 11.9 Å². The topological polar surface area (TPSA) is 18.5 Å². The molecule has 1 fully saturated rings. The van der Waals surface area contributed by atoms with Crippen LogP contribution in [-0.2, 0) is 15.7 Å². The molecule has 0 bridgehead atoms. The molecule has 0 amide bonds. The molecule has 1 saturated heterocycles. The molecule has 88 valence electrons. The van der Waals surface area contributed by atoms with E-state index >= 15 is 0 Å². The molecule has 2 atom stereocenters. The molecule has 2 aliphatic rings. The van der Waals surface area contributed by atoms with Gasteiger partial charge in [-0.2, -0.15) is 0 Å². The van der Waals surface area contributed by atoms with Gasteiger partial charge in [-0.05, 0) is 16.6 Å². The van der Waals surface area contributed by atoms with Crippen molar-refractivity contribution >= 4 is 12.6 Å². The lowest BCUT2D eigenvalue weighted by molar-refractivity contribution is 0.176. The molecule has 0 aromatic heterocycles. The van der Waals surface area contributed by atoms with Crippen LogP contribution in [0.5, 0.6) is 0 Å². The average molecular weight is 236 g/mol. The van der Waals surface area contributed by atoms with Crippen LogP contribution in [0.3, 0.4) is 0 Å². The molecule has 3 heteroatoms. The molecule has 0 unspecified atom stereocenters. The van der Waals surface area contributed by atoms with E-state index in [2.05, 4.69) is 36.4 Å². The van der Waals surface area contributed by atoms with Crippen molar-refractivity contribution in [3.63, 3.8) is 0 Å². The summed E-state index contributed by atoms with van der Waals surface area (Å²) in [5.41, 5.74) is 3.75. The van der Waals surface area contributed by atoms with Crippen LogP contribution in [0.25, 0.3) is 0 Å². The molecular formula is C15H13BO2. The first kappa shape index (κ1) is 10.4. The second kappa shape index (κ2) is 3.97. The van der Waals surface area contributed by atoms with Gasteiger partial charge in [-0.25, -0.2) is 0 Å². The lowest BCUT2D eigenvalue weighted by atomic mass is 9.79. The van der Waals surface area contributed by atoms with E-state index in [1.165, 1.54) is 11.1 Å². The summed E-state index contributed by atoms with van der Waals surface area (Å²) in [6.07, 6.45) is 1.24. The second-order valence-electron chi connectivity index (χ2n) is 4.88. The summed E-state index contributed by atoms with van der Waals surface area (Å²) < 4.78 is 12.1. The Hall–Kier alpha value is -1.58. The van der Waals surface area contributed by atoms with E-state index in [4.69, 9.17) is 9.31 Å². The lowest BCUT2D eigenvalue weighted by Crippen LogP contribution is -2.32. The number of benzene rings is 2. The fraction of sp³-hybridized carbons (Fsp3) is 0.200. The van der Waals surface area contributed by atoms with Crippen molar-refractivity contribution in [3.05, 3.63) is 65.7 Å². The van der Waals surface area contributed by atoms with E-state index < -0.39 is 0 Å². The average Bonchev–Trinajstić information content (AvgIpc) is 2.97. The molecule has 18 heavy (non-hydrogen) atoms. The molecule has 0 radical (unpaired) electrons. The predicted molar refractivity (Wildman–Crippen MR) is 70.7 cm³/mol. The quantitative estimate of drug-likeness (QED) is 0.706. The van der Waals surface area contributed by atoms with Gasteiger partial charge in [0.05, 0.1) is 12.2 Å². The number of hydrogen-bond acceptors (Lipinski definition) is 2. The highest BCUT2D eigenvalue weighted by Gasteiger charge is 2.45.